The second kappa shape index (κ2) is 7.50. The van der Waals surface area contributed by atoms with E-state index in [2.05, 4.69) is 12.2 Å². The minimum absolute atomic E-state index is 0. The molecule has 17 heavy (non-hydrogen) atoms. The van der Waals surface area contributed by atoms with E-state index in [-0.39, 0.29) is 36.8 Å². The molecule has 1 saturated heterocycles. The van der Waals surface area contributed by atoms with Crippen LogP contribution in [0.5, 0.6) is 0 Å². The molecule has 0 aromatic rings. The van der Waals surface area contributed by atoms with Crippen molar-refractivity contribution in [3.8, 4) is 0 Å². The normalized spacial score (nSPS) is 23.8. The smallest absolute Gasteiger partial charge is 0.242 e. The zero-order valence-electron chi connectivity index (χ0n) is 10.4. The van der Waals surface area contributed by atoms with Gasteiger partial charge in [-0.05, 0) is 18.8 Å². The highest BCUT2D eigenvalue weighted by atomic mass is 35.5. The number of rotatable bonds is 3. The Morgan fingerprint density at radius 2 is 2.12 bits per heavy atom. The second-order valence-corrected chi connectivity index (χ2v) is 4.42. The Bertz CT molecular complexity index is 273. The molecule has 0 aliphatic carbocycles. The molecule has 0 aromatic carbocycles. The van der Waals surface area contributed by atoms with Crippen LogP contribution in [-0.2, 0) is 9.59 Å². The highest BCUT2D eigenvalue weighted by Gasteiger charge is 2.30. The van der Waals surface area contributed by atoms with Crippen LogP contribution in [-0.4, -0.2) is 42.4 Å². The molecule has 2 amide bonds. The predicted octanol–water partition coefficient (Wildman–Crippen LogP) is 0.130. The van der Waals surface area contributed by atoms with E-state index in [4.69, 9.17) is 5.73 Å². The Hall–Kier alpha value is -0.810. The Balaban J connectivity index is 0.00000256. The molecule has 1 fully saturated rings. The maximum atomic E-state index is 11.9. The second-order valence-electron chi connectivity index (χ2n) is 4.42. The molecule has 1 rings (SSSR count). The van der Waals surface area contributed by atoms with E-state index in [9.17, 15) is 9.59 Å². The summed E-state index contributed by atoms with van der Waals surface area (Å²) in [6.07, 6.45) is 2.13. The van der Waals surface area contributed by atoms with Crippen LogP contribution in [0.25, 0.3) is 0 Å². The van der Waals surface area contributed by atoms with Gasteiger partial charge in [-0.1, -0.05) is 6.92 Å². The number of carbonyl (C=O) groups excluding carboxylic acids is 2. The van der Waals surface area contributed by atoms with E-state index >= 15 is 0 Å². The standard InChI is InChI=1S/C11H21N3O2.ClH/c1-8-4-3-5-14(10(8)6-12)11(16)7-13-9(2)15;/h8,10H,3-7,12H2,1-2H3,(H,13,15);1H. The fourth-order valence-electron chi connectivity index (χ4n) is 2.22. The van der Waals surface area contributed by atoms with Crippen molar-refractivity contribution in [3.63, 3.8) is 0 Å². The number of nitrogens with one attached hydrogen (secondary N) is 1. The van der Waals surface area contributed by atoms with E-state index in [1.807, 2.05) is 4.90 Å². The molecule has 2 atom stereocenters. The topological polar surface area (TPSA) is 75.4 Å². The molecule has 0 aromatic heterocycles. The average molecular weight is 264 g/mol. The van der Waals surface area contributed by atoms with E-state index in [1.54, 1.807) is 0 Å². The third-order valence-electron chi connectivity index (χ3n) is 3.17. The Labute approximate surface area is 109 Å². The SMILES string of the molecule is CC(=O)NCC(=O)N1CCCC(C)C1CN.Cl. The summed E-state index contributed by atoms with van der Waals surface area (Å²) in [4.78, 5) is 24.4. The monoisotopic (exact) mass is 263 g/mol. The zero-order valence-corrected chi connectivity index (χ0v) is 11.3. The van der Waals surface area contributed by atoms with Crippen LogP contribution in [0.4, 0.5) is 0 Å². The molecule has 0 spiro atoms. The molecular weight excluding hydrogens is 242 g/mol. The van der Waals surface area contributed by atoms with Crippen LogP contribution in [0, 0.1) is 5.92 Å². The molecule has 1 aliphatic rings. The third-order valence-corrected chi connectivity index (χ3v) is 3.17. The number of halogens is 1. The van der Waals surface area contributed by atoms with E-state index < -0.39 is 0 Å². The molecule has 2 unspecified atom stereocenters. The summed E-state index contributed by atoms with van der Waals surface area (Å²) in [7, 11) is 0. The summed E-state index contributed by atoms with van der Waals surface area (Å²) >= 11 is 0. The molecule has 6 heteroatoms. The van der Waals surface area contributed by atoms with Crippen molar-refractivity contribution in [2.75, 3.05) is 19.6 Å². The lowest BCUT2D eigenvalue weighted by atomic mass is 9.91. The number of piperidine rings is 1. The summed E-state index contributed by atoms with van der Waals surface area (Å²) in [5.41, 5.74) is 5.70. The quantitative estimate of drug-likeness (QED) is 0.760. The summed E-state index contributed by atoms with van der Waals surface area (Å²) < 4.78 is 0. The molecule has 1 heterocycles. The lowest BCUT2D eigenvalue weighted by Gasteiger charge is -2.39. The maximum absolute atomic E-state index is 11.9. The van der Waals surface area contributed by atoms with Crippen LogP contribution in [0.15, 0.2) is 0 Å². The molecular formula is C11H22ClN3O2. The van der Waals surface area contributed by atoms with Gasteiger partial charge >= 0.3 is 0 Å². The van der Waals surface area contributed by atoms with Gasteiger partial charge in [-0.3, -0.25) is 9.59 Å². The first kappa shape index (κ1) is 16.2. The lowest BCUT2D eigenvalue weighted by Crippen LogP contribution is -2.53. The van der Waals surface area contributed by atoms with Gasteiger partial charge in [-0.15, -0.1) is 12.4 Å². The van der Waals surface area contributed by atoms with Crippen LogP contribution in [0.2, 0.25) is 0 Å². The molecule has 100 valence electrons. The lowest BCUT2D eigenvalue weighted by molar-refractivity contribution is -0.136. The van der Waals surface area contributed by atoms with E-state index in [1.165, 1.54) is 6.92 Å². The Morgan fingerprint density at radius 1 is 1.47 bits per heavy atom. The van der Waals surface area contributed by atoms with Gasteiger partial charge in [-0.2, -0.15) is 0 Å². The molecule has 0 bridgehead atoms. The highest BCUT2D eigenvalue weighted by Crippen LogP contribution is 2.22. The number of nitrogens with zero attached hydrogens (tertiary/aromatic N) is 1. The van der Waals surface area contributed by atoms with Crippen molar-refractivity contribution in [1.29, 1.82) is 0 Å². The number of carbonyl (C=O) groups is 2. The van der Waals surface area contributed by atoms with Gasteiger partial charge in [0.1, 0.15) is 0 Å². The minimum atomic E-state index is -0.178. The van der Waals surface area contributed by atoms with Gasteiger partial charge in [0.05, 0.1) is 6.54 Å². The summed E-state index contributed by atoms with van der Waals surface area (Å²) in [5, 5.41) is 2.53. The molecule has 5 nitrogen and oxygen atoms in total. The Kier molecular flexibility index (Phi) is 7.15. The van der Waals surface area contributed by atoms with Gasteiger partial charge in [0.25, 0.3) is 0 Å². The van der Waals surface area contributed by atoms with Crippen molar-refractivity contribution in [1.82, 2.24) is 10.2 Å². The van der Waals surface area contributed by atoms with Gasteiger partial charge in [0, 0.05) is 26.1 Å². The van der Waals surface area contributed by atoms with Crippen LogP contribution in [0.1, 0.15) is 26.7 Å². The van der Waals surface area contributed by atoms with Gasteiger partial charge in [0.2, 0.25) is 11.8 Å². The summed E-state index contributed by atoms with van der Waals surface area (Å²) in [6, 6.07) is 0.120. The molecule has 0 radical (unpaired) electrons. The van der Waals surface area contributed by atoms with Crippen LogP contribution < -0.4 is 11.1 Å². The summed E-state index contributed by atoms with van der Waals surface area (Å²) in [5.74, 6) is 0.236. The molecule has 1 aliphatic heterocycles. The fourth-order valence-corrected chi connectivity index (χ4v) is 2.22. The number of hydrogen-bond donors (Lipinski definition) is 2. The average Bonchev–Trinajstić information content (AvgIpc) is 2.25. The predicted molar refractivity (Wildman–Crippen MR) is 68.9 cm³/mol. The van der Waals surface area contributed by atoms with Crippen molar-refractivity contribution in [2.24, 2.45) is 11.7 Å². The maximum Gasteiger partial charge on any atom is 0.242 e. The van der Waals surface area contributed by atoms with E-state index in [0.717, 1.165) is 19.4 Å². The van der Waals surface area contributed by atoms with Crippen LogP contribution in [0.3, 0.4) is 0 Å². The number of amides is 2. The minimum Gasteiger partial charge on any atom is -0.347 e. The van der Waals surface area contributed by atoms with E-state index in [0.29, 0.717) is 12.5 Å². The molecule has 3 N–H and O–H groups in total. The van der Waals surface area contributed by atoms with Crippen molar-refractivity contribution >= 4 is 24.2 Å². The van der Waals surface area contributed by atoms with Crippen LogP contribution >= 0.6 is 12.4 Å². The largest absolute Gasteiger partial charge is 0.347 e. The van der Waals surface area contributed by atoms with Crippen molar-refractivity contribution in [2.45, 2.75) is 32.7 Å². The van der Waals surface area contributed by atoms with Crippen molar-refractivity contribution < 1.29 is 9.59 Å². The third kappa shape index (κ3) is 4.52. The first-order chi connectivity index (χ1) is 7.56. The summed E-state index contributed by atoms with van der Waals surface area (Å²) in [6.45, 7) is 4.86. The number of nitrogens with two attached hydrogens (primary N) is 1. The fraction of sp³-hybridized carbons (Fsp3) is 0.818. The zero-order chi connectivity index (χ0) is 12.1. The first-order valence-electron chi connectivity index (χ1n) is 5.80. The van der Waals surface area contributed by atoms with Crippen molar-refractivity contribution in [3.05, 3.63) is 0 Å². The molecule has 0 saturated carbocycles. The van der Waals surface area contributed by atoms with Gasteiger partial charge in [-0.25, -0.2) is 0 Å². The van der Waals surface area contributed by atoms with Gasteiger partial charge < -0.3 is 16.0 Å². The highest BCUT2D eigenvalue weighted by molar-refractivity contribution is 5.85. The number of hydrogen-bond acceptors (Lipinski definition) is 3. The first-order valence-corrected chi connectivity index (χ1v) is 5.80. The Morgan fingerprint density at radius 3 is 2.65 bits per heavy atom. The van der Waals surface area contributed by atoms with Gasteiger partial charge in [0.15, 0.2) is 0 Å². The number of likely N-dealkylation sites (tertiary alicyclic amines) is 1.